The molecule has 0 bridgehead atoms. The van der Waals surface area contributed by atoms with Gasteiger partial charge in [0.2, 0.25) is 5.82 Å². The number of hydrogen-bond donors (Lipinski definition) is 3. The molecule has 1 aliphatic rings. The molecule has 0 spiro atoms. The molecule has 4 rings (SSSR count). The van der Waals surface area contributed by atoms with Crippen molar-refractivity contribution in [2.24, 2.45) is 0 Å². The Hall–Kier alpha value is -2.58. The highest BCUT2D eigenvalue weighted by molar-refractivity contribution is 5.79. The van der Waals surface area contributed by atoms with Crippen molar-refractivity contribution in [3.05, 3.63) is 51.6 Å². The van der Waals surface area contributed by atoms with E-state index in [0.29, 0.717) is 0 Å². The fourth-order valence-corrected chi connectivity index (χ4v) is 4.34. The molecule has 1 aromatic carbocycles. The molecule has 3 heterocycles. The van der Waals surface area contributed by atoms with E-state index in [4.69, 9.17) is 0 Å². The number of tetrazole rings is 1. The first-order valence-electron chi connectivity index (χ1n) is 10.9. The van der Waals surface area contributed by atoms with E-state index in [-0.39, 0.29) is 17.1 Å². The Labute approximate surface area is 176 Å². The number of fused-ring (bicyclic) bond motifs is 1. The van der Waals surface area contributed by atoms with Crippen LogP contribution in [0.2, 0.25) is 0 Å². The Morgan fingerprint density at radius 1 is 1.20 bits per heavy atom. The highest BCUT2D eigenvalue weighted by Crippen LogP contribution is 2.25. The largest absolute Gasteiger partial charge is 0.328 e. The van der Waals surface area contributed by atoms with Gasteiger partial charge in [0, 0.05) is 5.52 Å². The third-order valence-electron chi connectivity index (χ3n) is 6.68. The molecule has 1 atom stereocenters. The molecule has 0 radical (unpaired) electrons. The molecule has 3 aromatic rings. The van der Waals surface area contributed by atoms with Crippen LogP contribution in [-0.2, 0) is 5.54 Å². The molecule has 1 saturated heterocycles. The van der Waals surface area contributed by atoms with Gasteiger partial charge in [0.25, 0.3) is 5.56 Å². The zero-order chi connectivity index (χ0) is 21.5. The van der Waals surface area contributed by atoms with Crippen molar-refractivity contribution in [2.75, 3.05) is 33.2 Å². The van der Waals surface area contributed by atoms with Crippen molar-refractivity contribution < 1.29 is 9.80 Å². The lowest BCUT2D eigenvalue weighted by atomic mass is 9.98. The number of piperazine rings is 1. The van der Waals surface area contributed by atoms with Crippen molar-refractivity contribution in [3.63, 3.8) is 0 Å². The van der Waals surface area contributed by atoms with Crippen molar-refractivity contribution in [1.82, 2.24) is 25.2 Å². The number of rotatable bonds is 5. The van der Waals surface area contributed by atoms with E-state index >= 15 is 0 Å². The van der Waals surface area contributed by atoms with Crippen LogP contribution in [0.15, 0.2) is 29.1 Å². The van der Waals surface area contributed by atoms with Crippen LogP contribution < -0.4 is 15.4 Å². The predicted octanol–water partition coefficient (Wildman–Crippen LogP) is -0.529. The van der Waals surface area contributed by atoms with Crippen LogP contribution >= 0.6 is 0 Å². The van der Waals surface area contributed by atoms with Gasteiger partial charge in [0.05, 0.1) is 18.2 Å². The van der Waals surface area contributed by atoms with Gasteiger partial charge in [-0.3, -0.25) is 4.79 Å². The van der Waals surface area contributed by atoms with Crippen LogP contribution in [-0.4, -0.2) is 58.4 Å². The maximum Gasteiger partial charge on any atom is 0.258 e. The fourth-order valence-electron chi connectivity index (χ4n) is 4.34. The first-order chi connectivity index (χ1) is 14.3. The molecule has 3 N–H and O–H groups in total. The quantitative estimate of drug-likeness (QED) is 0.527. The molecule has 0 aliphatic carbocycles. The Balaban J connectivity index is 1.89. The van der Waals surface area contributed by atoms with E-state index in [1.165, 1.54) is 15.4 Å². The summed E-state index contributed by atoms with van der Waals surface area (Å²) < 4.78 is 1.93. The standard InChI is InChI=1S/C22H31N7O/c1-6-22(3,4)29-20(24-25-26-29)19(28-11-9-27(5)10-12-28)17-14-16-13-15(2)7-8-18(16)23-21(17)30/h7-8,13-14,19H,6,9-12H2,1-5H3,(H,23,30)/p+2/t19-/m1/s1. The Bertz CT molecular complexity index is 1090. The summed E-state index contributed by atoms with van der Waals surface area (Å²) in [6.07, 6.45) is 0.896. The summed E-state index contributed by atoms with van der Waals surface area (Å²) in [5.74, 6) is 0.772. The topological polar surface area (TPSA) is 85.3 Å². The molecular formula is C22H33N7O+2. The lowest BCUT2D eigenvalue weighted by Crippen LogP contribution is -3.27. The van der Waals surface area contributed by atoms with Gasteiger partial charge in [-0.1, -0.05) is 18.6 Å². The number of nitrogens with zero attached hydrogens (tertiary/aromatic N) is 4. The number of quaternary nitrogens is 2. The monoisotopic (exact) mass is 411 g/mol. The van der Waals surface area contributed by atoms with Crippen LogP contribution in [0, 0.1) is 6.92 Å². The second-order valence-corrected chi connectivity index (χ2v) is 9.31. The number of aryl methyl sites for hydroxylation is 1. The Morgan fingerprint density at radius 3 is 2.63 bits per heavy atom. The minimum Gasteiger partial charge on any atom is -0.328 e. The van der Waals surface area contributed by atoms with Crippen LogP contribution in [0.5, 0.6) is 0 Å². The molecule has 30 heavy (non-hydrogen) atoms. The minimum atomic E-state index is -0.228. The summed E-state index contributed by atoms with van der Waals surface area (Å²) in [4.78, 5) is 19.2. The van der Waals surface area contributed by atoms with Crippen LogP contribution in [0.4, 0.5) is 0 Å². The first kappa shape index (κ1) is 20.7. The molecule has 0 amide bonds. The molecule has 2 aromatic heterocycles. The molecule has 1 aliphatic heterocycles. The van der Waals surface area contributed by atoms with Crippen molar-refractivity contribution in [1.29, 1.82) is 0 Å². The third-order valence-corrected chi connectivity index (χ3v) is 6.68. The molecule has 0 unspecified atom stereocenters. The van der Waals surface area contributed by atoms with E-state index in [2.05, 4.69) is 61.3 Å². The summed E-state index contributed by atoms with van der Waals surface area (Å²) in [5, 5.41) is 13.9. The van der Waals surface area contributed by atoms with E-state index in [1.807, 2.05) is 22.9 Å². The van der Waals surface area contributed by atoms with Gasteiger partial charge >= 0.3 is 0 Å². The number of H-pyrrole nitrogens is 1. The van der Waals surface area contributed by atoms with Crippen molar-refractivity contribution >= 4 is 10.9 Å². The summed E-state index contributed by atoms with van der Waals surface area (Å²) in [7, 11) is 2.22. The Morgan fingerprint density at radius 2 is 1.93 bits per heavy atom. The minimum absolute atomic E-state index is 0.0565. The summed E-state index contributed by atoms with van der Waals surface area (Å²) in [6.45, 7) is 12.6. The number of pyridine rings is 1. The van der Waals surface area contributed by atoms with E-state index in [1.54, 1.807) is 0 Å². The number of benzene rings is 1. The fraction of sp³-hybridized carbons (Fsp3) is 0.545. The summed E-state index contributed by atoms with van der Waals surface area (Å²) in [5.41, 5.74) is 2.49. The van der Waals surface area contributed by atoms with Crippen molar-refractivity contribution in [3.8, 4) is 0 Å². The van der Waals surface area contributed by atoms with Crippen LogP contribution in [0.25, 0.3) is 10.9 Å². The lowest BCUT2D eigenvalue weighted by Gasteiger charge is -2.34. The molecule has 0 saturated carbocycles. The Kier molecular flexibility index (Phi) is 5.46. The zero-order valence-electron chi connectivity index (χ0n) is 18.6. The van der Waals surface area contributed by atoms with Gasteiger partial charge in [-0.15, -0.1) is 5.10 Å². The average Bonchev–Trinajstić information content (AvgIpc) is 3.21. The second-order valence-electron chi connectivity index (χ2n) is 9.31. The highest BCUT2D eigenvalue weighted by Gasteiger charge is 2.39. The van der Waals surface area contributed by atoms with Gasteiger partial charge in [-0.05, 0) is 61.2 Å². The van der Waals surface area contributed by atoms with E-state index in [0.717, 1.165) is 54.9 Å². The predicted molar refractivity (Wildman–Crippen MR) is 116 cm³/mol. The summed E-state index contributed by atoms with van der Waals surface area (Å²) >= 11 is 0. The average molecular weight is 412 g/mol. The second kappa shape index (κ2) is 7.92. The SMILES string of the molecule is CCC(C)(C)n1nnnc1[C@@H](c1cc2cc(C)ccc2[nH]c1=O)[NH+]1CC[NH+](C)CC1. The lowest BCUT2D eigenvalue weighted by molar-refractivity contribution is -1.02. The third kappa shape index (κ3) is 3.77. The van der Waals surface area contributed by atoms with Gasteiger partial charge in [0.15, 0.2) is 6.04 Å². The molecule has 1 fully saturated rings. The number of hydrogen-bond acceptors (Lipinski definition) is 4. The summed E-state index contributed by atoms with van der Waals surface area (Å²) in [6, 6.07) is 7.96. The maximum absolute atomic E-state index is 13.2. The number of likely N-dealkylation sites (N-methyl/N-ethyl adjacent to an activating group) is 1. The smallest absolute Gasteiger partial charge is 0.258 e. The highest BCUT2D eigenvalue weighted by atomic mass is 16.1. The normalized spacial score (nSPS) is 21.1. The van der Waals surface area contributed by atoms with Gasteiger partial charge < -0.3 is 14.8 Å². The number of aromatic nitrogens is 5. The van der Waals surface area contributed by atoms with Gasteiger partial charge in [-0.25, -0.2) is 4.68 Å². The molecule has 160 valence electrons. The van der Waals surface area contributed by atoms with E-state index < -0.39 is 0 Å². The zero-order valence-corrected chi connectivity index (χ0v) is 18.6. The maximum atomic E-state index is 13.2. The van der Waals surface area contributed by atoms with Crippen molar-refractivity contribution in [2.45, 2.75) is 45.7 Å². The van der Waals surface area contributed by atoms with E-state index in [9.17, 15) is 4.79 Å². The molecule has 8 nitrogen and oxygen atoms in total. The first-order valence-corrected chi connectivity index (χ1v) is 10.9. The van der Waals surface area contributed by atoms with Crippen LogP contribution in [0.3, 0.4) is 0 Å². The molecular weight excluding hydrogens is 378 g/mol. The molecule has 8 heteroatoms. The van der Waals surface area contributed by atoms with Crippen LogP contribution in [0.1, 0.15) is 50.2 Å². The van der Waals surface area contributed by atoms with Gasteiger partial charge in [0.1, 0.15) is 26.2 Å². The van der Waals surface area contributed by atoms with Gasteiger partial charge in [-0.2, -0.15) is 0 Å². The number of aromatic amines is 1. The number of nitrogens with one attached hydrogen (secondary N) is 3.